The van der Waals surface area contributed by atoms with Gasteiger partial charge in [0.1, 0.15) is 25.3 Å². The maximum Gasteiger partial charge on any atom is 0.372 e. The van der Waals surface area contributed by atoms with E-state index >= 15 is 0 Å². The molecule has 0 saturated carbocycles. The van der Waals surface area contributed by atoms with Crippen LogP contribution in [0.1, 0.15) is 18.5 Å². The van der Waals surface area contributed by atoms with Crippen LogP contribution in [-0.2, 0) is 38.4 Å². The summed E-state index contributed by atoms with van der Waals surface area (Å²) >= 11 is 7.32. The summed E-state index contributed by atoms with van der Waals surface area (Å²) in [5, 5.41) is 20.2. The van der Waals surface area contributed by atoms with E-state index < -0.39 is 46.9 Å². The van der Waals surface area contributed by atoms with Gasteiger partial charge in [0.05, 0.1) is 6.42 Å². The number of hydrogen-bond donors (Lipinski definition) is 3. The highest BCUT2D eigenvalue weighted by atomic mass is 35.5. The van der Waals surface area contributed by atoms with Gasteiger partial charge in [-0.25, -0.2) is 9.78 Å². The van der Waals surface area contributed by atoms with Gasteiger partial charge in [0.2, 0.25) is 5.91 Å². The molecule has 0 radical (unpaired) electrons. The summed E-state index contributed by atoms with van der Waals surface area (Å²) in [6, 6.07) is 0. The van der Waals surface area contributed by atoms with Crippen LogP contribution in [0.4, 0.5) is 5.13 Å². The van der Waals surface area contributed by atoms with Crippen LogP contribution in [-0.4, -0.2) is 87.0 Å². The number of oxime groups is 1. The predicted octanol–water partition coefficient (Wildman–Crippen LogP) is -0.262. The number of carboxylic acids is 1. The number of thiazole rings is 1. The Morgan fingerprint density at radius 2 is 2.18 bits per heavy atom. The molecule has 2 fully saturated rings. The second kappa shape index (κ2) is 10.1. The molecule has 3 amide bonds. The molecule has 14 nitrogen and oxygen atoms in total. The number of nitrogens with zero attached hydrogens (tertiary/aromatic N) is 3. The molecular formula is C17H18ClN5O9S2. The van der Waals surface area contributed by atoms with E-state index in [0.717, 1.165) is 23.1 Å². The Balaban J connectivity index is 1.84. The zero-order valence-corrected chi connectivity index (χ0v) is 20.0. The summed E-state index contributed by atoms with van der Waals surface area (Å²) < 4.78 is 4.93. The van der Waals surface area contributed by atoms with Gasteiger partial charge in [-0.2, -0.15) is 5.06 Å². The molecule has 3 N–H and O–H groups in total. The number of cyclic esters (lactones) is 1. The molecule has 0 aliphatic carbocycles. The number of nitrogens with one attached hydrogen (secondary N) is 2. The van der Waals surface area contributed by atoms with Crippen molar-refractivity contribution in [3.63, 3.8) is 0 Å². The van der Waals surface area contributed by atoms with Crippen molar-refractivity contribution in [3.8, 4) is 0 Å². The number of esters is 1. The Morgan fingerprint density at radius 3 is 2.74 bits per heavy atom. The van der Waals surface area contributed by atoms with Crippen molar-refractivity contribution in [1.82, 2.24) is 15.4 Å². The van der Waals surface area contributed by atoms with Gasteiger partial charge in [-0.05, 0) is 6.26 Å². The average molecular weight is 536 g/mol. The number of carboxylic acid groups (broad SMARTS) is 1. The molecule has 0 spiro atoms. The van der Waals surface area contributed by atoms with Crippen molar-refractivity contribution in [1.29, 1.82) is 0 Å². The first-order chi connectivity index (χ1) is 16.1. The Hall–Kier alpha value is -2.95. The molecule has 0 aromatic carbocycles. The van der Waals surface area contributed by atoms with E-state index in [2.05, 4.69) is 20.8 Å². The second-order valence-electron chi connectivity index (χ2n) is 6.76. The minimum atomic E-state index is -2.34. The van der Waals surface area contributed by atoms with Crippen LogP contribution in [0.2, 0.25) is 0 Å². The molecule has 17 heteroatoms. The number of carbonyl (C=O) groups is 5. The third-order valence-corrected chi connectivity index (χ3v) is 6.81. The average Bonchev–Trinajstić information content (AvgIpc) is 3.51. The lowest BCUT2D eigenvalue weighted by molar-refractivity contribution is -0.256. The normalized spacial score (nSPS) is 24.7. The zero-order chi connectivity index (χ0) is 25.1. The predicted molar refractivity (Wildman–Crippen MR) is 118 cm³/mol. The number of alkyl halides is 1. The third kappa shape index (κ3) is 4.66. The number of rotatable bonds is 9. The van der Waals surface area contributed by atoms with Crippen LogP contribution < -0.4 is 10.6 Å². The molecule has 3 heterocycles. The van der Waals surface area contributed by atoms with Crippen molar-refractivity contribution in [2.24, 2.45) is 5.16 Å². The van der Waals surface area contributed by atoms with Crippen molar-refractivity contribution >= 4 is 75.2 Å². The molecule has 2 unspecified atom stereocenters. The topological polar surface area (TPSA) is 186 Å². The van der Waals surface area contributed by atoms with Crippen LogP contribution in [0.25, 0.3) is 0 Å². The third-order valence-electron chi connectivity index (χ3n) is 4.72. The number of aliphatic carboxylic acids is 1. The second-order valence-corrected chi connectivity index (χ2v) is 8.99. The Morgan fingerprint density at radius 1 is 1.44 bits per heavy atom. The van der Waals surface area contributed by atoms with Crippen molar-refractivity contribution in [3.05, 3.63) is 11.1 Å². The first-order valence-corrected chi connectivity index (χ1v) is 12.0. The molecule has 3 rings (SSSR count). The van der Waals surface area contributed by atoms with Gasteiger partial charge in [-0.15, -0.1) is 34.7 Å². The van der Waals surface area contributed by atoms with Crippen LogP contribution in [0.3, 0.4) is 0 Å². The van der Waals surface area contributed by atoms with E-state index in [1.165, 1.54) is 18.7 Å². The van der Waals surface area contributed by atoms with Gasteiger partial charge < -0.3 is 25.3 Å². The van der Waals surface area contributed by atoms with E-state index in [1.54, 1.807) is 0 Å². The van der Waals surface area contributed by atoms with Crippen molar-refractivity contribution < 1.29 is 43.5 Å². The highest BCUT2D eigenvalue weighted by Crippen LogP contribution is 2.39. The maximum atomic E-state index is 13.2. The number of hydroxylamine groups is 2. The molecule has 1 aromatic heterocycles. The molecule has 0 bridgehead atoms. The van der Waals surface area contributed by atoms with Gasteiger partial charge in [0, 0.05) is 11.8 Å². The van der Waals surface area contributed by atoms with E-state index in [-0.39, 0.29) is 35.3 Å². The monoisotopic (exact) mass is 535 g/mol. The lowest BCUT2D eigenvalue weighted by atomic mass is 10.1. The van der Waals surface area contributed by atoms with E-state index in [4.69, 9.17) is 26.0 Å². The summed E-state index contributed by atoms with van der Waals surface area (Å²) in [6.07, 6.45) is 0.946. The molecule has 1 aromatic rings. The van der Waals surface area contributed by atoms with Gasteiger partial charge in [-0.1, -0.05) is 5.16 Å². The zero-order valence-electron chi connectivity index (χ0n) is 17.7. The first kappa shape index (κ1) is 25.7. The lowest BCUT2D eigenvalue weighted by Crippen LogP contribution is -2.60. The summed E-state index contributed by atoms with van der Waals surface area (Å²) in [7, 11) is 1.19. The Bertz CT molecular complexity index is 1070. The molecule has 2 aliphatic rings. The smallest absolute Gasteiger partial charge is 0.372 e. The highest BCUT2D eigenvalue weighted by Gasteiger charge is 2.63. The van der Waals surface area contributed by atoms with E-state index in [1.807, 2.05) is 0 Å². The molecule has 184 valence electrons. The lowest BCUT2D eigenvalue weighted by Gasteiger charge is -2.32. The summed E-state index contributed by atoms with van der Waals surface area (Å²) in [5.74, 6) is -5.05. The van der Waals surface area contributed by atoms with Gasteiger partial charge in [-0.3, -0.25) is 24.0 Å². The molecule has 2 saturated heterocycles. The number of hydrogen-bond acceptors (Lipinski definition) is 12. The number of aromatic nitrogens is 1. The van der Waals surface area contributed by atoms with Gasteiger partial charge >= 0.3 is 17.7 Å². The number of halogens is 1. The summed E-state index contributed by atoms with van der Waals surface area (Å²) in [5.41, 5.74) is -2.64. The fourth-order valence-electron chi connectivity index (χ4n) is 3.07. The van der Waals surface area contributed by atoms with Crippen LogP contribution in [0.15, 0.2) is 10.5 Å². The maximum absolute atomic E-state index is 13.2. The SMILES string of the molecule is CO/N=C(/C(=O)NC1(SC)CON(C2(C(=O)O)CCC(=O)O2)C1=O)c1csc(NC(=O)CCl)n1. The molecular weight excluding hydrogens is 518 g/mol. The Labute approximate surface area is 204 Å². The van der Waals surface area contributed by atoms with E-state index in [9.17, 15) is 29.1 Å². The van der Waals surface area contributed by atoms with Crippen LogP contribution in [0, 0.1) is 0 Å². The van der Waals surface area contributed by atoms with E-state index in [0.29, 0.717) is 5.06 Å². The fourth-order valence-corrected chi connectivity index (χ4v) is 4.47. The molecule has 34 heavy (non-hydrogen) atoms. The summed E-state index contributed by atoms with van der Waals surface area (Å²) in [4.78, 5) is 73.6. The van der Waals surface area contributed by atoms with Gasteiger partial charge in [0.15, 0.2) is 15.7 Å². The van der Waals surface area contributed by atoms with Crippen LogP contribution >= 0.6 is 34.7 Å². The summed E-state index contributed by atoms with van der Waals surface area (Å²) in [6.45, 7) is -0.459. The number of anilines is 1. The van der Waals surface area contributed by atoms with Gasteiger partial charge in [0.25, 0.3) is 11.8 Å². The standard InChI is InChI=1S/C17H18ClN5O9S2/c1-30-22-11(8-6-34-15(19-8)20-9(24)5-18)12(26)21-16(33-2)7-31-23(13(16)27)17(14(28)29)4-3-10(25)32-17/h6H,3-5,7H2,1-2H3,(H,21,26)(H,28,29)(H,19,20,24)/b22-11+. The number of ether oxygens (including phenoxy) is 1. The number of thioether (sulfide) groups is 1. The number of amides is 3. The molecule has 2 aliphatic heterocycles. The Kier molecular flexibility index (Phi) is 7.64. The largest absolute Gasteiger partial charge is 0.477 e. The minimum absolute atomic E-state index is 0.0282. The fraction of sp³-hybridized carbons (Fsp3) is 0.471. The number of carbonyl (C=O) groups excluding carboxylic acids is 4. The minimum Gasteiger partial charge on any atom is -0.477 e. The quantitative estimate of drug-likeness (QED) is 0.124. The van der Waals surface area contributed by atoms with Crippen molar-refractivity contribution in [2.45, 2.75) is 23.4 Å². The first-order valence-electron chi connectivity index (χ1n) is 9.35. The van der Waals surface area contributed by atoms with Crippen LogP contribution in [0.5, 0.6) is 0 Å². The van der Waals surface area contributed by atoms with Crippen molar-refractivity contribution in [2.75, 3.05) is 31.2 Å². The highest BCUT2D eigenvalue weighted by molar-refractivity contribution is 8.00. The molecule has 2 atom stereocenters.